The summed E-state index contributed by atoms with van der Waals surface area (Å²) in [5, 5.41) is 0. The summed E-state index contributed by atoms with van der Waals surface area (Å²) in [6, 6.07) is 0. The fourth-order valence-electron chi connectivity index (χ4n) is 2.56. The molecule has 5 nitrogen and oxygen atoms in total. The summed E-state index contributed by atoms with van der Waals surface area (Å²) in [5.41, 5.74) is 5.64. The zero-order valence-corrected chi connectivity index (χ0v) is 13.7. The van der Waals surface area contributed by atoms with Crippen LogP contribution in [0.25, 0.3) is 0 Å². The molecular weight excluding hydrogens is 252 g/mol. The van der Waals surface area contributed by atoms with Gasteiger partial charge in [0, 0.05) is 13.1 Å². The first-order valence-corrected chi connectivity index (χ1v) is 7.73. The Labute approximate surface area is 124 Å². The highest BCUT2D eigenvalue weighted by Gasteiger charge is 2.42. The lowest BCUT2D eigenvalue weighted by atomic mass is 9.76. The third kappa shape index (κ3) is 5.38. The number of nitrogens with zero attached hydrogens (tertiary/aromatic N) is 3. The SMILES string of the molecule is CN(C)CCCN(CCCN(C)C)C(=O)C1(N)CCC1. The maximum atomic E-state index is 12.6. The van der Waals surface area contributed by atoms with E-state index in [2.05, 4.69) is 38.0 Å². The van der Waals surface area contributed by atoms with Crippen molar-refractivity contribution in [3.8, 4) is 0 Å². The Morgan fingerprint density at radius 3 is 1.70 bits per heavy atom. The monoisotopic (exact) mass is 284 g/mol. The van der Waals surface area contributed by atoms with Gasteiger partial charge in [-0.05, 0) is 73.4 Å². The Kier molecular flexibility index (Phi) is 6.92. The molecule has 0 spiro atoms. The third-order valence-electron chi connectivity index (χ3n) is 4.03. The summed E-state index contributed by atoms with van der Waals surface area (Å²) in [5.74, 6) is 0.168. The van der Waals surface area contributed by atoms with E-state index >= 15 is 0 Å². The quantitative estimate of drug-likeness (QED) is 0.674. The third-order valence-corrected chi connectivity index (χ3v) is 4.03. The molecule has 1 aliphatic carbocycles. The fraction of sp³-hybridized carbons (Fsp3) is 0.933. The van der Waals surface area contributed by atoms with Crippen molar-refractivity contribution in [3.63, 3.8) is 0 Å². The van der Waals surface area contributed by atoms with Gasteiger partial charge in [0.25, 0.3) is 0 Å². The molecule has 0 aromatic rings. The van der Waals surface area contributed by atoms with Gasteiger partial charge in [-0.3, -0.25) is 4.79 Å². The van der Waals surface area contributed by atoms with Gasteiger partial charge in [-0.2, -0.15) is 0 Å². The maximum Gasteiger partial charge on any atom is 0.242 e. The standard InChI is InChI=1S/C15H32N4O/c1-17(2)10-6-12-19(13-7-11-18(3)4)14(20)15(16)8-5-9-15/h5-13,16H2,1-4H3. The number of hydrogen-bond acceptors (Lipinski definition) is 4. The molecule has 1 amide bonds. The van der Waals surface area contributed by atoms with Crippen molar-refractivity contribution in [3.05, 3.63) is 0 Å². The second kappa shape index (κ2) is 7.96. The molecule has 1 rings (SSSR count). The normalized spacial score (nSPS) is 17.4. The molecule has 5 heteroatoms. The highest BCUT2D eigenvalue weighted by atomic mass is 16.2. The minimum atomic E-state index is -0.559. The second-order valence-corrected chi connectivity index (χ2v) is 6.62. The van der Waals surface area contributed by atoms with Crippen LogP contribution in [0.5, 0.6) is 0 Å². The van der Waals surface area contributed by atoms with Crippen LogP contribution in [0.3, 0.4) is 0 Å². The van der Waals surface area contributed by atoms with E-state index in [1.807, 2.05) is 4.90 Å². The van der Waals surface area contributed by atoms with Crippen molar-refractivity contribution in [2.45, 2.75) is 37.6 Å². The van der Waals surface area contributed by atoms with Crippen molar-refractivity contribution in [1.82, 2.24) is 14.7 Å². The van der Waals surface area contributed by atoms with Crippen LogP contribution < -0.4 is 5.73 Å². The molecule has 1 saturated carbocycles. The Bertz CT molecular complexity index is 286. The van der Waals surface area contributed by atoms with Crippen molar-refractivity contribution in [2.75, 3.05) is 54.4 Å². The van der Waals surface area contributed by atoms with Crippen LogP contribution in [0.15, 0.2) is 0 Å². The summed E-state index contributed by atoms with van der Waals surface area (Å²) in [6.45, 7) is 3.66. The Morgan fingerprint density at radius 2 is 1.40 bits per heavy atom. The Hall–Kier alpha value is -0.650. The van der Waals surface area contributed by atoms with Crippen LogP contribution in [0, 0.1) is 0 Å². The number of carbonyl (C=O) groups excluding carboxylic acids is 1. The molecule has 1 fully saturated rings. The van der Waals surface area contributed by atoms with E-state index in [0.29, 0.717) is 0 Å². The van der Waals surface area contributed by atoms with E-state index in [4.69, 9.17) is 5.73 Å². The molecule has 0 saturated heterocycles. The van der Waals surface area contributed by atoms with Gasteiger partial charge >= 0.3 is 0 Å². The maximum absolute atomic E-state index is 12.6. The minimum Gasteiger partial charge on any atom is -0.341 e. The van der Waals surface area contributed by atoms with Gasteiger partial charge in [-0.1, -0.05) is 0 Å². The second-order valence-electron chi connectivity index (χ2n) is 6.62. The molecule has 1 aliphatic rings. The zero-order valence-electron chi connectivity index (χ0n) is 13.7. The van der Waals surface area contributed by atoms with Crippen molar-refractivity contribution in [2.24, 2.45) is 5.73 Å². The summed E-state index contributed by atoms with van der Waals surface area (Å²) in [4.78, 5) is 18.9. The first-order valence-electron chi connectivity index (χ1n) is 7.73. The lowest BCUT2D eigenvalue weighted by molar-refractivity contribution is -0.140. The van der Waals surface area contributed by atoms with Gasteiger partial charge in [0.2, 0.25) is 5.91 Å². The number of carbonyl (C=O) groups is 1. The smallest absolute Gasteiger partial charge is 0.242 e. The topological polar surface area (TPSA) is 52.8 Å². The van der Waals surface area contributed by atoms with E-state index < -0.39 is 5.54 Å². The molecule has 0 heterocycles. The fourth-order valence-corrected chi connectivity index (χ4v) is 2.56. The average molecular weight is 284 g/mol. The lowest BCUT2D eigenvalue weighted by Crippen LogP contribution is -2.60. The predicted molar refractivity (Wildman–Crippen MR) is 83.7 cm³/mol. The van der Waals surface area contributed by atoms with Crippen molar-refractivity contribution >= 4 is 5.91 Å². The molecule has 0 aromatic heterocycles. The van der Waals surface area contributed by atoms with Crippen molar-refractivity contribution < 1.29 is 4.79 Å². The van der Waals surface area contributed by atoms with E-state index in [9.17, 15) is 4.79 Å². The highest BCUT2D eigenvalue weighted by Crippen LogP contribution is 2.31. The summed E-state index contributed by atoms with van der Waals surface area (Å²) < 4.78 is 0. The molecule has 118 valence electrons. The minimum absolute atomic E-state index is 0.168. The van der Waals surface area contributed by atoms with Gasteiger partial charge in [0.1, 0.15) is 0 Å². The molecule has 0 atom stereocenters. The van der Waals surface area contributed by atoms with Crippen LogP contribution in [0.4, 0.5) is 0 Å². The number of rotatable bonds is 9. The summed E-state index contributed by atoms with van der Waals surface area (Å²) in [7, 11) is 8.26. The molecular formula is C15H32N4O. The lowest BCUT2D eigenvalue weighted by Gasteiger charge is -2.40. The largest absolute Gasteiger partial charge is 0.341 e. The van der Waals surface area contributed by atoms with Gasteiger partial charge < -0.3 is 20.4 Å². The van der Waals surface area contributed by atoms with E-state index in [1.165, 1.54) is 0 Å². The molecule has 0 aliphatic heterocycles. The first-order chi connectivity index (χ1) is 9.35. The van der Waals surface area contributed by atoms with Gasteiger partial charge in [-0.25, -0.2) is 0 Å². The van der Waals surface area contributed by atoms with Crippen LogP contribution in [0.2, 0.25) is 0 Å². The van der Waals surface area contributed by atoms with Gasteiger partial charge in [0.15, 0.2) is 0 Å². The predicted octanol–water partition coefficient (Wildman–Crippen LogP) is 0.600. The average Bonchev–Trinajstić information content (AvgIpc) is 2.32. The number of hydrogen-bond donors (Lipinski definition) is 1. The summed E-state index contributed by atoms with van der Waals surface area (Å²) >= 11 is 0. The molecule has 0 bridgehead atoms. The Morgan fingerprint density at radius 1 is 0.950 bits per heavy atom. The van der Waals surface area contributed by atoms with Gasteiger partial charge in [-0.15, -0.1) is 0 Å². The Balaban J connectivity index is 2.47. The van der Waals surface area contributed by atoms with Crippen molar-refractivity contribution in [1.29, 1.82) is 0 Å². The molecule has 2 N–H and O–H groups in total. The highest BCUT2D eigenvalue weighted by molar-refractivity contribution is 5.87. The van der Waals surface area contributed by atoms with Crippen LogP contribution in [-0.4, -0.2) is 80.5 Å². The van der Waals surface area contributed by atoms with E-state index in [0.717, 1.165) is 58.3 Å². The van der Waals surface area contributed by atoms with E-state index in [-0.39, 0.29) is 5.91 Å². The molecule has 0 unspecified atom stereocenters. The van der Waals surface area contributed by atoms with Crippen LogP contribution in [-0.2, 0) is 4.79 Å². The van der Waals surface area contributed by atoms with E-state index in [1.54, 1.807) is 0 Å². The number of amides is 1. The number of nitrogens with two attached hydrogens (primary N) is 1. The van der Waals surface area contributed by atoms with Gasteiger partial charge in [0.05, 0.1) is 5.54 Å². The first kappa shape index (κ1) is 17.4. The van der Waals surface area contributed by atoms with Crippen LogP contribution in [0.1, 0.15) is 32.1 Å². The van der Waals surface area contributed by atoms with Crippen LogP contribution >= 0.6 is 0 Å². The molecule has 0 aromatic carbocycles. The molecule has 20 heavy (non-hydrogen) atoms. The summed E-state index contributed by atoms with van der Waals surface area (Å²) in [6.07, 6.45) is 4.81. The molecule has 0 radical (unpaired) electrons. The zero-order chi connectivity index (χ0) is 15.2.